The number of hydrogen-bond donors (Lipinski definition) is 2. The molecule has 7 nitrogen and oxygen atoms in total. The van der Waals surface area contributed by atoms with Crippen LogP contribution in [0.3, 0.4) is 0 Å². The Morgan fingerprint density at radius 2 is 1.79 bits per heavy atom. The lowest BCUT2D eigenvalue weighted by Crippen LogP contribution is -2.29. The number of amides is 1. The molecule has 176 valence electrons. The number of furan rings is 1. The molecule has 2 heterocycles. The fraction of sp³-hybridized carbons (Fsp3) is 0.259. The van der Waals surface area contributed by atoms with Crippen LogP contribution in [-0.4, -0.2) is 29.0 Å². The number of methoxy groups -OCH3 is 1. The van der Waals surface area contributed by atoms with E-state index in [0.29, 0.717) is 28.4 Å². The van der Waals surface area contributed by atoms with Crippen LogP contribution in [0.15, 0.2) is 58.5 Å². The van der Waals surface area contributed by atoms with Crippen LogP contribution >= 0.6 is 0 Å². The van der Waals surface area contributed by atoms with Crippen LogP contribution in [0.1, 0.15) is 54.0 Å². The van der Waals surface area contributed by atoms with Gasteiger partial charge in [0.2, 0.25) is 0 Å². The summed E-state index contributed by atoms with van der Waals surface area (Å²) in [5, 5.41) is 21.9. The maximum atomic E-state index is 13.3. The molecule has 1 aliphatic rings. The van der Waals surface area contributed by atoms with E-state index < -0.39 is 17.7 Å². The number of nitrogens with zero attached hydrogens (tertiary/aromatic N) is 1. The molecule has 1 atom stereocenters. The SMILES string of the molecule is COc1cc(C)c(/C(O)=C2\C(=O)C(=O)N(c3ccccc3O)C2c2ccc(C)o2)cc1C(C)C. The number of hydrogen-bond acceptors (Lipinski definition) is 6. The van der Waals surface area contributed by atoms with E-state index in [1.54, 1.807) is 63.4 Å². The first-order valence-corrected chi connectivity index (χ1v) is 11.0. The van der Waals surface area contributed by atoms with Gasteiger partial charge in [0.25, 0.3) is 11.7 Å². The van der Waals surface area contributed by atoms with E-state index in [2.05, 4.69) is 0 Å². The molecule has 0 spiro atoms. The molecular formula is C27H27NO6. The molecule has 1 fully saturated rings. The van der Waals surface area contributed by atoms with Crippen LogP contribution in [-0.2, 0) is 9.59 Å². The topological polar surface area (TPSA) is 100 Å². The Balaban J connectivity index is 1.99. The molecule has 2 N–H and O–H groups in total. The molecule has 34 heavy (non-hydrogen) atoms. The molecule has 1 aliphatic heterocycles. The van der Waals surface area contributed by atoms with Gasteiger partial charge < -0.3 is 19.4 Å². The van der Waals surface area contributed by atoms with Crippen molar-refractivity contribution >= 4 is 23.1 Å². The average Bonchev–Trinajstić information content (AvgIpc) is 3.34. The Bertz CT molecular complexity index is 1320. The summed E-state index contributed by atoms with van der Waals surface area (Å²) in [6.07, 6.45) is 0. The van der Waals surface area contributed by atoms with Crippen LogP contribution in [0.25, 0.3) is 5.76 Å². The number of carbonyl (C=O) groups is 2. The fourth-order valence-electron chi connectivity index (χ4n) is 4.34. The molecular weight excluding hydrogens is 434 g/mol. The number of aliphatic hydroxyl groups excluding tert-OH is 1. The van der Waals surface area contributed by atoms with Crippen molar-refractivity contribution in [3.05, 3.63) is 82.3 Å². The van der Waals surface area contributed by atoms with Gasteiger partial charge in [-0.3, -0.25) is 14.5 Å². The normalized spacial score (nSPS) is 17.6. The number of ketones is 1. The van der Waals surface area contributed by atoms with Crippen molar-refractivity contribution < 1.29 is 29.0 Å². The quantitative estimate of drug-likeness (QED) is 0.301. The van der Waals surface area contributed by atoms with Crippen molar-refractivity contribution in [3.63, 3.8) is 0 Å². The summed E-state index contributed by atoms with van der Waals surface area (Å²) in [7, 11) is 1.58. The Morgan fingerprint density at radius 3 is 2.38 bits per heavy atom. The Morgan fingerprint density at radius 1 is 1.09 bits per heavy atom. The number of anilines is 1. The van der Waals surface area contributed by atoms with Crippen molar-refractivity contribution in [2.45, 2.75) is 39.7 Å². The molecule has 1 aromatic heterocycles. The number of rotatable bonds is 5. The van der Waals surface area contributed by atoms with Gasteiger partial charge in [0.15, 0.2) is 0 Å². The molecule has 0 aliphatic carbocycles. The minimum Gasteiger partial charge on any atom is -0.507 e. The Hall–Kier alpha value is -4.00. The highest BCUT2D eigenvalue weighted by molar-refractivity contribution is 6.51. The monoisotopic (exact) mass is 461 g/mol. The lowest BCUT2D eigenvalue weighted by molar-refractivity contribution is -0.132. The summed E-state index contributed by atoms with van der Waals surface area (Å²) in [4.78, 5) is 27.7. The van der Waals surface area contributed by atoms with Gasteiger partial charge in [-0.25, -0.2) is 0 Å². The van der Waals surface area contributed by atoms with Crippen LogP contribution < -0.4 is 9.64 Å². The van der Waals surface area contributed by atoms with Gasteiger partial charge >= 0.3 is 0 Å². The zero-order chi connectivity index (χ0) is 24.7. The van der Waals surface area contributed by atoms with Crippen LogP contribution in [0.5, 0.6) is 11.5 Å². The number of aromatic hydroxyl groups is 1. The zero-order valence-electron chi connectivity index (χ0n) is 19.7. The number of para-hydroxylation sites is 2. The lowest BCUT2D eigenvalue weighted by atomic mass is 9.92. The van der Waals surface area contributed by atoms with E-state index in [1.807, 2.05) is 13.8 Å². The van der Waals surface area contributed by atoms with Crippen molar-refractivity contribution in [1.29, 1.82) is 0 Å². The van der Waals surface area contributed by atoms with E-state index >= 15 is 0 Å². The van der Waals surface area contributed by atoms with E-state index in [-0.39, 0.29) is 28.7 Å². The fourth-order valence-corrected chi connectivity index (χ4v) is 4.34. The summed E-state index contributed by atoms with van der Waals surface area (Å²) < 4.78 is 11.3. The minimum atomic E-state index is -1.05. The largest absolute Gasteiger partial charge is 0.507 e. The third-order valence-electron chi connectivity index (χ3n) is 6.07. The van der Waals surface area contributed by atoms with Crippen LogP contribution in [0, 0.1) is 13.8 Å². The van der Waals surface area contributed by atoms with Crippen molar-refractivity contribution in [3.8, 4) is 11.5 Å². The zero-order valence-corrected chi connectivity index (χ0v) is 19.7. The predicted octanol–water partition coefficient (Wildman–Crippen LogP) is 5.36. The molecule has 2 aromatic carbocycles. The van der Waals surface area contributed by atoms with E-state index in [4.69, 9.17) is 9.15 Å². The third kappa shape index (κ3) is 3.73. The first-order chi connectivity index (χ1) is 16.1. The number of ether oxygens (including phenoxy) is 1. The second kappa shape index (κ2) is 8.74. The van der Waals surface area contributed by atoms with Gasteiger partial charge in [-0.2, -0.15) is 0 Å². The van der Waals surface area contributed by atoms with Gasteiger partial charge in [-0.1, -0.05) is 26.0 Å². The summed E-state index contributed by atoms with van der Waals surface area (Å²) in [6, 6.07) is 12.2. The first-order valence-electron chi connectivity index (χ1n) is 11.0. The van der Waals surface area contributed by atoms with Crippen LogP contribution in [0.4, 0.5) is 5.69 Å². The Labute approximate surface area is 197 Å². The minimum absolute atomic E-state index is 0.0919. The molecule has 4 rings (SSSR count). The number of aliphatic hydroxyl groups is 1. The standard InChI is InChI=1S/C27H27NO6/c1-14(2)17-13-18(15(3)12-22(17)33-5)25(30)23-24(21-11-10-16(4)34-21)28(27(32)26(23)31)19-8-6-7-9-20(19)29/h6-14,24,29-30H,1-5H3/b25-23+. The van der Waals surface area contributed by atoms with Crippen LogP contribution in [0.2, 0.25) is 0 Å². The highest BCUT2D eigenvalue weighted by atomic mass is 16.5. The average molecular weight is 462 g/mol. The van der Waals surface area contributed by atoms with Gasteiger partial charge in [0, 0.05) is 5.56 Å². The number of Topliss-reactive ketones (excluding diaryl/α,β-unsaturated/α-hetero) is 1. The molecule has 1 unspecified atom stereocenters. The van der Waals surface area contributed by atoms with Crippen molar-refractivity contribution in [2.24, 2.45) is 0 Å². The van der Waals surface area contributed by atoms with E-state index in [0.717, 1.165) is 5.56 Å². The first kappa shape index (κ1) is 23.2. The molecule has 0 saturated carbocycles. The number of aryl methyl sites for hydroxylation is 2. The van der Waals surface area contributed by atoms with Crippen molar-refractivity contribution in [2.75, 3.05) is 12.0 Å². The lowest BCUT2D eigenvalue weighted by Gasteiger charge is -2.24. The highest BCUT2D eigenvalue weighted by Gasteiger charge is 2.49. The van der Waals surface area contributed by atoms with Gasteiger partial charge in [0.1, 0.15) is 34.8 Å². The summed E-state index contributed by atoms with van der Waals surface area (Å²) >= 11 is 0. The molecule has 1 amide bonds. The van der Waals surface area contributed by atoms with E-state index in [9.17, 15) is 19.8 Å². The summed E-state index contributed by atoms with van der Waals surface area (Å²) in [5.41, 5.74) is 2.01. The van der Waals surface area contributed by atoms with Crippen molar-refractivity contribution in [1.82, 2.24) is 0 Å². The number of phenols is 1. The van der Waals surface area contributed by atoms with E-state index in [1.165, 1.54) is 11.0 Å². The Kier molecular flexibility index (Phi) is 5.96. The maximum Gasteiger partial charge on any atom is 0.300 e. The smallest absolute Gasteiger partial charge is 0.300 e. The number of carbonyl (C=O) groups excluding carboxylic acids is 2. The molecule has 0 bridgehead atoms. The molecule has 1 saturated heterocycles. The predicted molar refractivity (Wildman–Crippen MR) is 128 cm³/mol. The second-order valence-corrected chi connectivity index (χ2v) is 8.67. The summed E-state index contributed by atoms with van der Waals surface area (Å²) in [6.45, 7) is 7.55. The molecule has 0 radical (unpaired) electrons. The number of benzene rings is 2. The third-order valence-corrected chi connectivity index (χ3v) is 6.07. The van der Waals surface area contributed by atoms with Gasteiger partial charge in [0.05, 0.1) is 18.4 Å². The molecule has 3 aromatic rings. The van der Waals surface area contributed by atoms with Gasteiger partial charge in [-0.15, -0.1) is 0 Å². The maximum absolute atomic E-state index is 13.3. The second-order valence-electron chi connectivity index (χ2n) is 8.67. The highest BCUT2D eigenvalue weighted by Crippen LogP contribution is 2.45. The number of phenolic OH excluding ortho intramolecular Hbond substituents is 1. The summed E-state index contributed by atoms with van der Waals surface area (Å²) in [5.74, 6) is -0.542. The molecule has 7 heteroatoms. The van der Waals surface area contributed by atoms with Gasteiger partial charge in [-0.05, 0) is 67.3 Å².